The number of benzene rings is 2. The summed E-state index contributed by atoms with van der Waals surface area (Å²) in [5.74, 6) is 0.428. The summed E-state index contributed by atoms with van der Waals surface area (Å²) >= 11 is 1.38. The highest BCUT2D eigenvalue weighted by Crippen LogP contribution is 2.22. The predicted molar refractivity (Wildman–Crippen MR) is 91.4 cm³/mol. The van der Waals surface area contributed by atoms with Crippen LogP contribution in [-0.4, -0.2) is 12.3 Å². The van der Waals surface area contributed by atoms with Crippen LogP contribution in [-0.2, 0) is 5.75 Å². The summed E-state index contributed by atoms with van der Waals surface area (Å²) in [5.41, 5.74) is 9.99. The summed E-state index contributed by atoms with van der Waals surface area (Å²) in [7, 11) is 1.45. The van der Waals surface area contributed by atoms with Crippen LogP contribution in [0.5, 0.6) is 5.75 Å². The van der Waals surface area contributed by atoms with Gasteiger partial charge in [-0.3, -0.25) is 0 Å². The number of aliphatic imine (C=N–C) groups is 1. The lowest BCUT2D eigenvalue weighted by molar-refractivity contribution is 0.386. The fourth-order valence-corrected chi connectivity index (χ4v) is 2.58. The van der Waals surface area contributed by atoms with Gasteiger partial charge in [-0.05, 0) is 54.8 Å². The molecule has 2 aromatic rings. The number of nitrogens with zero attached hydrogens (tertiary/aromatic N) is 1. The van der Waals surface area contributed by atoms with Gasteiger partial charge in [-0.15, -0.1) is 0 Å². The Morgan fingerprint density at radius 3 is 2.59 bits per heavy atom. The second-order valence-corrected chi connectivity index (χ2v) is 5.97. The average Bonchev–Trinajstić information content (AvgIpc) is 2.49. The zero-order valence-corrected chi connectivity index (χ0v) is 13.7. The van der Waals surface area contributed by atoms with Gasteiger partial charge in [-0.2, -0.15) is 0 Å². The molecule has 0 fully saturated rings. The summed E-state index contributed by atoms with van der Waals surface area (Å²) < 4.78 is 18.5. The minimum absolute atomic E-state index is 0.241. The maximum atomic E-state index is 13.6. The van der Waals surface area contributed by atoms with Gasteiger partial charge in [-0.25, -0.2) is 9.38 Å². The Bertz CT molecular complexity index is 701. The van der Waals surface area contributed by atoms with Gasteiger partial charge in [0.2, 0.25) is 0 Å². The van der Waals surface area contributed by atoms with Crippen molar-refractivity contribution < 1.29 is 9.13 Å². The Kier molecular flexibility index (Phi) is 5.44. The number of amidine groups is 1. The van der Waals surface area contributed by atoms with Crippen LogP contribution in [0.4, 0.5) is 10.1 Å². The topological polar surface area (TPSA) is 47.6 Å². The van der Waals surface area contributed by atoms with E-state index in [1.54, 1.807) is 6.07 Å². The predicted octanol–water partition coefficient (Wildman–Crippen LogP) is 4.33. The van der Waals surface area contributed by atoms with E-state index in [-0.39, 0.29) is 11.6 Å². The van der Waals surface area contributed by atoms with Crippen LogP contribution < -0.4 is 10.5 Å². The van der Waals surface area contributed by atoms with Crippen molar-refractivity contribution in [3.05, 3.63) is 58.9 Å². The molecule has 0 atom stereocenters. The molecule has 0 aromatic heterocycles. The number of ether oxygens (including phenoxy) is 1. The third kappa shape index (κ3) is 4.24. The largest absolute Gasteiger partial charge is 0.494 e. The van der Waals surface area contributed by atoms with Crippen molar-refractivity contribution in [3.63, 3.8) is 0 Å². The van der Waals surface area contributed by atoms with Crippen molar-refractivity contribution in [1.82, 2.24) is 0 Å². The second-order valence-electron chi connectivity index (χ2n) is 4.98. The molecular weight excluding hydrogens is 299 g/mol. The molecule has 0 aliphatic carbocycles. The van der Waals surface area contributed by atoms with Gasteiger partial charge < -0.3 is 10.5 Å². The highest BCUT2D eigenvalue weighted by molar-refractivity contribution is 8.13. The van der Waals surface area contributed by atoms with Crippen LogP contribution in [0.1, 0.15) is 16.7 Å². The summed E-state index contributed by atoms with van der Waals surface area (Å²) in [6, 6.07) is 10.8. The lowest BCUT2D eigenvalue weighted by Crippen LogP contribution is -2.06. The smallest absolute Gasteiger partial charge is 0.165 e. The molecule has 0 heterocycles. The summed E-state index contributed by atoms with van der Waals surface area (Å²) in [4.78, 5) is 4.37. The molecule has 0 bridgehead atoms. The van der Waals surface area contributed by atoms with Gasteiger partial charge >= 0.3 is 0 Å². The Hall–Kier alpha value is -2.01. The maximum absolute atomic E-state index is 13.6. The van der Waals surface area contributed by atoms with Gasteiger partial charge in [0.1, 0.15) is 0 Å². The first kappa shape index (κ1) is 16.4. The molecule has 0 radical (unpaired) electrons. The van der Waals surface area contributed by atoms with Crippen molar-refractivity contribution >= 4 is 22.6 Å². The van der Waals surface area contributed by atoms with Crippen LogP contribution in [0.2, 0.25) is 0 Å². The molecule has 0 aliphatic heterocycles. The molecule has 2 aromatic carbocycles. The van der Waals surface area contributed by atoms with Crippen LogP contribution in [0, 0.1) is 19.7 Å². The van der Waals surface area contributed by atoms with Crippen LogP contribution >= 0.6 is 11.8 Å². The van der Waals surface area contributed by atoms with E-state index >= 15 is 0 Å². The number of thioether (sulfide) groups is 1. The summed E-state index contributed by atoms with van der Waals surface area (Å²) in [5, 5.41) is 0.458. The second kappa shape index (κ2) is 7.31. The molecule has 0 unspecified atom stereocenters. The van der Waals surface area contributed by atoms with Crippen molar-refractivity contribution in [2.45, 2.75) is 19.6 Å². The van der Waals surface area contributed by atoms with Crippen LogP contribution in [0.25, 0.3) is 0 Å². The molecule has 3 nitrogen and oxygen atoms in total. The Morgan fingerprint density at radius 2 is 1.95 bits per heavy atom. The minimum atomic E-state index is -0.370. The Balaban J connectivity index is 2.02. The monoisotopic (exact) mass is 318 g/mol. The van der Waals surface area contributed by atoms with Crippen molar-refractivity contribution in [2.24, 2.45) is 10.7 Å². The lowest BCUT2D eigenvalue weighted by atomic mass is 10.1. The van der Waals surface area contributed by atoms with Gasteiger partial charge in [0.15, 0.2) is 16.7 Å². The van der Waals surface area contributed by atoms with Crippen molar-refractivity contribution in [3.8, 4) is 5.75 Å². The van der Waals surface area contributed by atoms with Gasteiger partial charge in [-0.1, -0.05) is 23.9 Å². The van der Waals surface area contributed by atoms with E-state index in [4.69, 9.17) is 10.5 Å². The van der Waals surface area contributed by atoms with Gasteiger partial charge in [0.05, 0.1) is 12.8 Å². The molecule has 116 valence electrons. The molecule has 0 spiro atoms. The Labute approximate surface area is 134 Å². The fourth-order valence-electron chi connectivity index (χ4n) is 1.91. The van der Waals surface area contributed by atoms with E-state index < -0.39 is 0 Å². The molecule has 5 heteroatoms. The highest BCUT2D eigenvalue weighted by Gasteiger charge is 2.05. The standard InChI is InChI=1S/C17H19FN2OS/c1-11-4-6-14(8-12(11)2)20-17(19)22-10-13-5-7-16(21-3)15(18)9-13/h4-9H,10H2,1-3H3,(H2,19,20). The number of rotatable bonds is 4. The van der Waals surface area contributed by atoms with Crippen LogP contribution in [0.15, 0.2) is 41.4 Å². The maximum Gasteiger partial charge on any atom is 0.165 e. The first-order chi connectivity index (χ1) is 10.5. The molecule has 2 N–H and O–H groups in total. The molecule has 0 saturated carbocycles. The molecule has 22 heavy (non-hydrogen) atoms. The SMILES string of the molecule is COc1ccc(CSC(N)=Nc2ccc(C)c(C)c2)cc1F. The number of hydrogen-bond acceptors (Lipinski definition) is 3. The number of methoxy groups -OCH3 is 1. The van der Waals surface area contributed by atoms with Gasteiger partial charge in [0, 0.05) is 5.75 Å². The first-order valence-corrected chi connectivity index (χ1v) is 7.85. The van der Waals surface area contributed by atoms with E-state index in [1.807, 2.05) is 31.2 Å². The quantitative estimate of drug-likeness (QED) is 0.674. The van der Waals surface area contributed by atoms with E-state index in [0.29, 0.717) is 10.9 Å². The summed E-state index contributed by atoms with van der Waals surface area (Å²) in [6.07, 6.45) is 0. The molecule has 0 aliphatic rings. The molecule has 0 amide bonds. The first-order valence-electron chi connectivity index (χ1n) is 6.86. The van der Waals surface area contributed by atoms with E-state index in [2.05, 4.69) is 11.9 Å². The molecule has 2 rings (SSSR count). The summed E-state index contributed by atoms with van der Waals surface area (Å²) in [6.45, 7) is 4.09. The van der Waals surface area contributed by atoms with Gasteiger partial charge in [0.25, 0.3) is 0 Å². The number of hydrogen-bond donors (Lipinski definition) is 1. The highest BCUT2D eigenvalue weighted by atomic mass is 32.2. The third-order valence-electron chi connectivity index (χ3n) is 3.33. The zero-order valence-electron chi connectivity index (χ0n) is 12.9. The van der Waals surface area contributed by atoms with Crippen LogP contribution in [0.3, 0.4) is 0 Å². The van der Waals surface area contributed by atoms with Crippen molar-refractivity contribution in [2.75, 3.05) is 7.11 Å². The minimum Gasteiger partial charge on any atom is -0.494 e. The normalized spacial score (nSPS) is 11.5. The lowest BCUT2D eigenvalue weighted by Gasteiger charge is -2.06. The number of nitrogens with two attached hydrogens (primary N) is 1. The molecule has 0 saturated heterocycles. The third-order valence-corrected chi connectivity index (χ3v) is 4.20. The zero-order chi connectivity index (χ0) is 16.1. The number of halogens is 1. The van der Waals surface area contributed by atoms with E-state index in [9.17, 15) is 4.39 Å². The average molecular weight is 318 g/mol. The van der Waals surface area contributed by atoms with Crippen molar-refractivity contribution in [1.29, 1.82) is 0 Å². The van der Waals surface area contributed by atoms with E-state index in [1.165, 1.54) is 36.1 Å². The number of aryl methyl sites for hydroxylation is 2. The van der Waals surface area contributed by atoms with E-state index in [0.717, 1.165) is 11.3 Å². The molecular formula is C17H19FN2OS. The fraction of sp³-hybridized carbons (Fsp3) is 0.235. The Morgan fingerprint density at radius 1 is 1.18 bits per heavy atom.